The molecule has 0 aliphatic rings. The molecule has 0 aliphatic carbocycles. The highest BCUT2D eigenvalue weighted by Crippen LogP contribution is 2.06. The summed E-state index contributed by atoms with van der Waals surface area (Å²) in [4.78, 5) is 32.5. The van der Waals surface area contributed by atoms with Crippen molar-refractivity contribution in [1.29, 1.82) is 0 Å². The van der Waals surface area contributed by atoms with Crippen molar-refractivity contribution >= 4 is 17.9 Å². The van der Waals surface area contributed by atoms with Crippen LogP contribution in [0.15, 0.2) is 11.6 Å². The van der Waals surface area contributed by atoms with Crippen LogP contribution in [0.3, 0.4) is 0 Å². The minimum atomic E-state index is -1.43. The summed E-state index contributed by atoms with van der Waals surface area (Å²) < 4.78 is 4.84. The molecular weight excluding hydrogens is 264 g/mol. The average molecular weight is 286 g/mol. The van der Waals surface area contributed by atoms with Gasteiger partial charge in [-0.3, -0.25) is 4.79 Å². The number of aliphatic carboxylic acids is 2. The summed E-state index contributed by atoms with van der Waals surface area (Å²) in [5.41, 5.74) is -0.481. The van der Waals surface area contributed by atoms with E-state index in [-0.39, 0.29) is 6.61 Å². The van der Waals surface area contributed by atoms with Gasteiger partial charge in [0.15, 0.2) is 0 Å². The van der Waals surface area contributed by atoms with Gasteiger partial charge in [0.05, 0.1) is 18.6 Å². The maximum atomic E-state index is 11.3. The number of ether oxygens (including phenoxy) is 1. The van der Waals surface area contributed by atoms with Gasteiger partial charge in [-0.25, -0.2) is 9.59 Å². The largest absolute Gasteiger partial charge is 0.481 e. The van der Waals surface area contributed by atoms with Crippen LogP contribution < -0.4 is 0 Å². The molecule has 2 N–H and O–H groups in total. The number of esters is 1. The van der Waals surface area contributed by atoms with Gasteiger partial charge in [0.1, 0.15) is 0 Å². The van der Waals surface area contributed by atoms with Crippen LogP contribution in [-0.4, -0.2) is 34.7 Å². The van der Waals surface area contributed by atoms with Crippen molar-refractivity contribution in [2.24, 2.45) is 0 Å². The molecule has 20 heavy (non-hydrogen) atoms. The minimum absolute atomic E-state index is 0.224. The van der Waals surface area contributed by atoms with Gasteiger partial charge in [-0.05, 0) is 6.42 Å². The first-order valence-electron chi connectivity index (χ1n) is 6.79. The number of hydrogen-bond acceptors (Lipinski definition) is 4. The van der Waals surface area contributed by atoms with Crippen molar-refractivity contribution in [2.75, 3.05) is 6.61 Å². The summed E-state index contributed by atoms with van der Waals surface area (Å²) in [6, 6.07) is 0. The fraction of sp³-hybridized carbons (Fsp3) is 0.643. The van der Waals surface area contributed by atoms with Crippen LogP contribution in [0.1, 0.15) is 51.9 Å². The zero-order valence-electron chi connectivity index (χ0n) is 11.8. The molecule has 0 spiro atoms. The van der Waals surface area contributed by atoms with Gasteiger partial charge < -0.3 is 14.9 Å². The fourth-order valence-corrected chi connectivity index (χ4v) is 1.59. The monoisotopic (exact) mass is 286 g/mol. The highest BCUT2D eigenvalue weighted by atomic mass is 16.5. The molecule has 0 fully saturated rings. The molecule has 0 aromatic heterocycles. The molecule has 0 rings (SSSR count). The van der Waals surface area contributed by atoms with Gasteiger partial charge in [-0.15, -0.1) is 0 Å². The van der Waals surface area contributed by atoms with Crippen LogP contribution in [-0.2, 0) is 19.1 Å². The Morgan fingerprint density at radius 2 is 1.60 bits per heavy atom. The van der Waals surface area contributed by atoms with Gasteiger partial charge in [0, 0.05) is 6.08 Å². The summed E-state index contributed by atoms with van der Waals surface area (Å²) in [5, 5.41) is 17.2. The van der Waals surface area contributed by atoms with Crippen LogP contribution in [0.2, 0.25) is 0 Å². The van der Waals surface area contributed by atoms with E-state index in [4.69, 9.17) is 14.9 Å². The Labute approximate surface area is 118 Å². The third kappa shape index (κ3) is 10.1. The van der Waals surface area contributed by atoms with E-state index in [1.807, 2.05) is 0 Å². The van der Waals surface area contributed by atoms with E-state index in [0.29, 0.717) is 0 Å². The molecule has 0 aromatic carbocycles. The lowest BCUT2D eigenvalue weighted by Crippen LogP contribution is -2.11. The van der Waals surface area contributed by atoms with E-state index < -0.39 is 29.9 Å². The van der Waals surface area contributed by atoms with Crippen molar-refractivity contribution in [3.8, 4) is 0 Å². The molecule has 0 unspecified atom stereocenters. The molecule has 6 nitrogen and oxygen atoms in total. The number of carbonyl (C=O) groups is 3. The second kappa shape index (κ2) is 11.0. The Morgan fingerprint density at radius 3 is 2.15 bits per heavy atom. The lowest BCUT2D eigenvalue weighted by molar-refractivity contribution is -0.140. The van der Waals surface area contributed by atoms with E-state index >= 15 is 0 Å². The van der Waals surface area contributed by atoms with Gasteiger partial charge >= 0.3 is 17.9 Å². The second-order valence-electron chi connectivity index (χ2n) is 4.48. The van der Waals surface area contributed by atoms with Crippen molar-refractivity contribution < 1.29 is 29.3 Å². The van der Waals surface area contributed by atoms with Gasteiger partial charge in [-0.2, -0.15) is 0 Å². The highest BCUT2D eigenvalue weighted by Gasteiger charge is 2.14. The van der Waals surface area contributed by atoms with Crippen LogP contribution >= 0.6 is 0 Å². The number of hydrogen-bond donors (Lipinski definition) is 2. The summed E-state index contributed by atoms with van der Waals surface area (Å²) in [6.45, 7) is 2.35. The lowest BCUT2D eigenvalue weighted by atomic mass is 10.1. The third-order valence-corrected chi connectivity index (χ3v) is 2.65. The predicted octanol–water partition coefficient (Wildman–Crippen LogP) is 2.38. The van der Waals surface area contributed by atoms with Crippen LogP contribution in [0.25, 0.3) is 0 Å². The molecule has 0 saturated carbocycles. The Bertz CT molecular complexity index is 359. The maximum Gasteiger partial charge on any atom is 0.332 e. The predicted molar refractivity (Wildman–Crippen MR) is 72.3 cm³/mol. The quantitative estimate of drug-likeness (QED) is 0.343. The van der Waals surface area contributed by atoms with Crippen molar-refractivity contribution in [3.63, 3.8) is 0 Å². The molecule has 6 heteroatoms. The Morgan fingerprint density at radius 1 is 1.00 bits per heavy atom. The average Bonchev–Trinajstić information content (AvgIpc) is 2.36. The van der Waals surface area contributed by atoms with Crippen LogP contribution in [0, 0.1) is 0 Å². The van der Waals surface area contributed by atoms with Gasteiger partial charge in [0.25, 0.3) is 0 Å². The van der Waals surface area contributed by atoms with Crippen molar-refractivity contribution in [3.05, 3.63) is 11.6 Å². The van der Waals surface area contributed by atoms with Crippen molar-refractivity contribution in [1.82, 2.24) is 0 Å². The standard InChI is InChI=1S/C14H22O6/c1-2-3-4-5-6-7-8-20-13(17)10-11(14(18)19)9-12(15)16/h10H,2-9H2,1H3,(H,15,16)(H,18,19). The van der Waals surface area contributed by atoms with Crippen LogP contribution in [0.4, 0.5) is 0 Å². The van der Waals surface area contributed by atoms with Crippen LogP contribution in [0.5, 0.6) is 0 Å². The number of carbonyl (C=O) groups excluding carboxylic acids is 1. The lowest BCUT2D eigenvalue weighted by Gasteiger charge is -2.03. The molecule has 0 aromatic rings. The zero-order chi connectivity index (χ0) is 15.4. The summed E-state index contributed by atoms with van der Waals surface area (Å²) in [5.74, 6) is -3.54. The molecule has 0 saturated heterocycles. The second-order valence-corrected chi connectivity index (χ2v) is 4.48. The Balaban J connectivity index is 3.95. The number of carboxylic acid groups (broad SMARTS) is 2. The third-order valence-electron chi connectivity index (χ3n) is 2.65. The van der Waals surface area contributed by atoms with Gasteiger partial charge in [0.2, 0.25) is 0 Å². The van der Waals surface area contributed by atoms with E-state index in [0.717, 1.165) is 31.8 Å². The van der Waals surface area contributed by atoms with E-state index in [2.05, 4.69) is 6.92 Å². The van der Waals surface area contributed by atoms with Gasteiger partial charge in [-0.1, -0.05) is 39.0 Å². The van der Waals surface area contributed by atoms with E-state index in [1.54, 1.807) is 0 Å². The number of carboxylic acids is 2. The molecule has 0 bridgehead atoms. The highest BCUT2D eigenvalue weighted by molar-refractivity contribution is 5.98. The summed E-state index contributed by atoms with van der Waals surface area (Å²) in [7, 11) is 0. The number of unbranched alkanes of at least 4 members (excludes halogenated alkanes) is 5. The Hall–Kier alpha value is -1.85. The van der Waals surface area contributed by atoms with E-state index in [9.17, 15) is 14.4 Å². The van der Waals surface area contributed by atoms with Crippen molar-refractivity contribution in [2.45, 2.75) is 51.9 Å². The topological polar surface area (TPSA) is 101 Å². The first-order chi connectivity index (χ1) is 9.47. The number of rotatable bonds is 11. The molecule has 0 amide bonds. The zero-order valence-corrected chi connectivity index (χ0v) is 11.8. The first kappa shape index (κ1) is 18.1. The first-order valence-corrected chi connectivity index (χ1v) is 6.79. The molecule has 0 radical (unpaired) electrons. The normalized spacial score (nSPS) is 11.2. The summed E-state index contributed by atoms with van der Waals surface area (Å²) >= 11 is 0. The Kier molecular flexibility index (Phi) is 10.00. The smallest absolute Gasteiger partial charge is 0.332 e. The molecule has 0 heterocycles. The molecule has 0 aliphatic heterocycles. The minimum Gasteiger partial charge on any atom is -0.481 e. The maximum absolute atomic E-state index is 11.3. The molecule has 114 valence electrons. The summed E-state index contributed by atoms with van der Waals surface area (Å²) in [6.07, 6.45) is 6.31. The molecular formula is C14H22O6. The fourth-order valence-electron chi connectivity index (χ4n) is 1.59. The van der Waals surface area contributed by atoms with E-state index in [1.165, 1.54) is 12.8 Å². The molecule has 0 atom stereocenters. The SMILES string of the molecule is CCCCCCCCOC(=O)C=C(CC(=O)O)C(=O)O.